The third-order valence-corrected chi connectivity index (χ3v) is 3.78. The second kappa shape index (κ2) is 6.92. The van der Waals surface area contributed by atoms with Gasteiger partial charge < -0.3 is 5.32 Å². The van der Waals surface area contributed by atoms with Gasteiger partial charge in [0.15, 0.2) is 0 Å². The Morgan fingerprint density at radius 3 is 2.32 bits per heavy atom. The molecule has 0 spiro atoms. The van der Waals surface area contributed by atoms with Gasteiger partial charge in [0.05, 0.1) is 16.2 Å². The van der Waals surface area contributed by atoms with Gasteiger partial charge >= 0.3 is 0 Å². The molecule has 0 saturated heterocycles. The Morgan fingerprint density at radius 2 is 1.68 bits per heavy atom. The molecule has 0 saturated carbocycles. The Morgan fingerprint density at radius 1 is 1.04 bits per heavy atom. The summed E-state index contributed by atoms with van der Waals surface area (Å²) in [6, 6.07) is 18.5. The van der Waals surface area contributed by atoms with Crippen LogP contribution in [0, 0.1) is 17.0 Å². The average Bonchev–Trinajstić information content (AvgIpc) is 2.63. The van der Waals surface area contributed by atoms with Gasteiger partial charge in [-0.05, 0) is 30.2 Å². The molecule has 1 heterocycles. The fourth-order valence-electron chi connectivity index (χ4n) is 2.43. The molecule has 1 amide bonds. The molecule has 0 aliphatic heterocycles. The first-order valence-corrected chi connectivity index (χ1v) is 7.62. The van der Waals surface area contributed by atoms with Gasteiger partial charge in [-0.2, -0.15) is 0 Å². The van der Waals surface area contributed by atoms with Crippen LogP contribution in [-0.2, 0) is 0 Å². The number of carbonyl (C=O) groups excluding carboxylic acids is 1. The minimum atomic E-state index is -0.572. The summed E-state index contributed by atoms with van der Waals surface area (Å²) in [5.41, 5.74) is 3.13. The highest BCUT2D eigenvalue weighted by Crippen LogP contribution is 2.22. The topological polar surface area (TPSA) is 85.1 Å². The fourth-order valence-corrected chi connectivity index (χ4v) is 2.43. The average molecular weight is 333 g/mol. The van der Waals surface area contributed by atoms with Gasteiger partial charge in [0.2, 0.25) is 0 Å². The van der Waals surface area contributed by atoms with Crippen molar-refractivity contribution in [2.24, 2.45) is 0 Å². The molecule has 0 unspecified atom stereocenters. The quantitative estimate of drug-likeness (QED) is 0.572. The number of nitro groups is 1. The maximum atomic E-state index is 12.4. The number of hydrogen-bond donors (Lipinski definition) is 1. The molecule has 25 heavy (non-hydrogen) atoms. The molecule has 3 aromatic rings. The molecule has 6 nitrogen and oxygen atoms in total. The van der Waals surface area contributed by atoms with Gasteiger partial charge in [-0.1, -0.05) is 42.5 Å². The minimum absolute atomic E-state index is 0.182. The van der Waals surface area contributed by atoms with Crippen LogP contribution in [0.3, 0.4) is 0 Å². The number of nitrogens with one attached hydrogen (secondary N) is 1. The van der Waals surface area contributed by atoms with Gasteiger partial charge in [0, 0.05) is 11.8 Å². The number of carbonyl (C=O) groups is 1. The molecule has 124 valence electrons. The van der Waals surface area contributed by atoms with Crippen LogP contribution in [0.2, 0.25) is 0 Å². The maximum absolute atomic E-state index is 12.4. The van der Waals surface area contributed by atoms with E-state index in [1.165, 1.54) is 6.07 Å². The molecule has 1 aromatic heterocycles. The second-order valence-corrected chi connectivity index (χ2v) is 5.48. The molecule has 0 bridgehead atoms. The lowest BCUT2D eigenvalue weighted by Crippen LogP contribution is -2.14. The number of hydrogen-bond acceptors (Lipinski definition) is 4. The van der Waals surface area contributed by atoms with E-state index in [9.17, 15) is 14.9 Å². The molecule has 1 N–H and O–H groups in total. The first-order valence-electron chi connectivity index (χ1n) is 7.62. The van der Waals surface area contributed by atoms with Crippen molar-refractivity contribution in [2.45, 2.75) is 6.92 Å². The molecule has 0 aliphatic rings. The second-order valence-electron chi connectivity index (χ2n) is 5.48. The molecule has 3 rings (SSSR count). The van der Waals surface area contributed by atoms with Crippen LogP contribution in [0.4, 0.5) is 11.4 Å². The van der Waals surface area contributed by atoms with Crippen molar-refractivity contribution in [2.75, 3.05) is 5.32 Å². The summed E-state index contributed by atoms with van der Waals surface area (Å²) in [5, 5.41) is 13.6. The van der Waals surface area contributed by atoms with E-state index in [0.717, 1.165) is 17.3 Å². The van der Waals surface area contributed by atoms with Crippen LogP contribution >= 0.6 is 0 Å². The van der Waals surface area contributed by atoms with Crippen LogP contribution in [0.15, 0.2) is 66.9 Å². The lowest BCUT2D eigenvalue weighted by molar-refractivity contribution is -0.385. The number of pyridine rings is 1. The normalized spacial score (nSPS) is 10.3. The van der Waals surface area contributed by atoms with Crippen LogP contribution < -0.4 is 5.32 Å². The van der Waals surface area contributed by atoms with E-state index in [1.54, 1.807) is 19.1 Å². The van der Waals surface area contributed by atoms with Gasteiger partial charge in [0.1, 0.15) is 6.20 Å². The molecule has 6 heteroatoms. The fraction of sp³-hybridized carbons (Fsp3) is 0.0526. The van der Waals surface area contributed by atoms with Crippen molar-refractivity contribution in [3.05, 3.63) is 88.2 Å². The van der Waals surface area contributed by atoms with E-state index < -0.39 is 10.8 Å². The largest absolute Gasteiger partial charge is 0.322 e. The standard InChI is InChI=1S/C19H15N3O3/c1-13-18(11-17(12-20-13)22(24)25)19(23)21-16-9-7-15(8-10-16)14-5-3-2-4-6-14/h2-12H,1H3,(H,21,23). The van der Waals surface area contributed by atoms with Gasteiger partial charge in [0.25, 0.3) is 11.6 Å². The first-order chi connectivity index (χ1) is 12.0. The highest BCUT2D eigenvalue weighted by atomic mass is 16.6. The number of benzene rings is 2. The number of rotatable bonds is 4. The number of anilines is 1. The predicted octanol–water partition coefficient (Wildman–Crippen LogP) is 4.22. The van der Waals surface area contributed by atoms with Crippen molar-refractivity contribution in [1.82, 2.24) is 4.98 Å². The van der Waals surface area contributed by atoms with Crippen molar-refractivity contribution in [3.63, 3.8) is 0 Å². The van der Waals surface area contributed by atoms with Gasteiger partial charge in [-0.15, -0.1) is 0 Å². The number of aryl methyl sites for hydroxylation is 1. The van der Waals surface area contributed by atoms with E-state index in [4.69, 9.17) is 0 Å². The summed E-state index contributed by atoms with van der Waals surface area (Å²) in [7, 11) is 0. The Balaban J connectivity index is 1.80. The lowest BCUT2D eigenvalue weighted by Gasteiger charge is -2.08. The van der Waals surface area contributed by atoms with Gasteiger partial charge in [-0.3, -0.25) is 19.9 Å². The highest BCUT2D eigenvalue weighted by Gasteiger charge is 2.16. The zero-order chi connectivity index (χ0) is 17.8. The zero-order valence-corrected chi connectivity index (χ0v) is 13.5. The third-order valence-electron chi connectivity index (χ3n) is 3.78. The highest BCUT2D eigenvalue weighted by molar-refractivity contribution is 6.05. The van der Waals surface area contributed by atoms with Crippen molar-refractivity contribution >= 4 is 17.3 Å². The van der Waals surface area contributed by atoms with Crippen molar-refractivity contribution in [3.8, 4) is 11.1 Å². The molecular weight excluding hydrogens is 318 g/mol. The Hall–Kier alpha value is -3.54. The van der Waals surface area contributed by atoms with Gasteiger partial charge in [-0.25, -0.2) is 0 Å². The maximum Gasteiger partial charge on any atom is 0.288 e. The number of aromatic nitrogens is 1. The predicted molar refractivity (Wildman–Crippen MR) is 95.5 cm³/mol. The van der Waals surface area contributed by atoms with E-state index in [2.05, 4.69) is 10.3 Å². The molecule has 2 aromatic carbocycles. The van der Waals surface area contributed by atoms with Crippen LogP contribution in [0.1, 0.15) is 16.1 Å². The minimum Gasteiger partial charge on any atom is -0.322 e. The van der Waals surface area contributed by atoms with E-state index in [0.29, 0.717) is 11.4 Å². The van der Waals surface area contributed by atoms with Crippen LogP contribution in [0.5, 0.6) is 0 Å². The molecule has 0 fully saturated rings. The number of amides is 1. The summed E-state index contributed by atoms with van der Waals surface area (Å²) < 4.78 is 0. The SMILES string of the molecule is Cc1ncc([N+](=O)[O-])cc1C(=O)Nc1ccc(-c2ccccc2)cc1. The van der Waals surface area contributed by atoms with Crippen LogP contribution in [-0.4, -0.2) is 15.8 Å². The molecule has 0 atom stereocenters. The first kappa shape index (κ1) is 16.3. The molecule has 0 aliphatic carbocycles. The Labute approximate surface area is 144 Å². The van der Waals surface area contributed by atoms with Crippen molar-refractivity contribution in [1.29, 1.82) is 0 Å². The molecule has 0 radical (unpaired) electrons. The summed E-state index contributed by atoms with van der Waals surface area (Å²) in [6.07, 6.45) is 1.14. The Kier molecular flexibility index (Phi) is 4.52. The van der Waals surface area contributed by atoms with Crippen molar-refractivity contribution < 1.29 is 9.72 Å². The van der Waals surface area contributed by atoms with E-state index in [1.807, 2.05) is 42.5 Å². The number of nitrogens with zero attached hydrogens (tertiary/aromatic N) is 2. The summed E-state index contributed by atoms with van der Waals surface area (Å²) in [4.78, 5) is 26.6. The summed E-state index contributed by atoms with van der Waals surface area (Å²) >= 11 is 0. The summed E-state index contributed by atoms with van der Waals surface area (Å²) in [5.74, 6) is -0.429. The lowest BCUT2D eigenvalue weighted by atomic mass is 10.1. The Bertz CT molecular complexity index is 922. The van der Waals surface area contributed by atoms with Crippen LogP contribution in [0.25, 0.3) is 11.1 Å². The van der Waals surface area contributed by atoms with E-state index >= 15 is 0 Å². The summed E-state index contributed by atoms with van der Waals surface area (Å²) in [6.45, 7) is 1.64. The smallest absolute Gasteiger partial charge is 0.288 e. The molecular formula is C19H15N3O3. The zero-order valence-electron chi connectivity index (χ0n) is 13.5. The van der Waals surface area contributed by atoms with E-state index in [-0.39, 0.29) is 11.3 Å². The third kappa shape index (κ3) is 3.69. The monoisotopic (exact) mass is 333 g/mol.